The molecule has 0 radical (unpaired) electrons. The van der Waals surface area contributed by atoms with E-state index in [0.717, 1.165) is 11.3 Å². The van der Waals surface area contributed by atoms with Gasteiger partial charge in [-0.1, -0.05) is 63.2 Å². The molecule has 2 aromatic rings. The second-order valence-corrected chi connectivity index (χ2v) is 6.20. The molecule has 1 atom stereocenters. The van der Waals surface area contributed by atoms with Gasteiger partial charge in [-0.05, 0) is 28.7 Å². The highest BCUT2D eigenvalue weighted by Gasteiger charge is 2.16. The van der Waals surface area contributed by atoms with E-state index in [1.807, 2.05) is 54.6 Å². The van der Waals surface area contributed by atoms with E-state index in [1.54, 1.807) is 0 Å². The van der Waals surface area contributed by atoms with Gasteiger partial charge in [0.25, 0.3) is 0 Å². The molecule has 0 fully saturated rings. The maximum atomic E-state index is 12.2. The first-order valence-corrected chi connectivity index (χ1v) is 7.10. The Labute approximate surface area is 126 Å². The molecular weight excluding hydrogens is 260 g/mol. The lowest BCUT2D eigenvalue weighted by Gasteiger charge is -2.19. The van der Waals surface area contributed by atoms with Gasteiger partial charge in [0.05, 0.1) is 0 Å². The summed E-state index contributed by atoms with van der Waals surface area (Å²) in [6.07, 6.45) is 0. The lowest BCUT2D eigenvalue weighted by atomic mass is 9.87. The summed E-state index contributed by atoms with van der Waals surface area (Å²) in [6.45, 7) is 6.48. The van der Waals surface area contributed by atoms with Crippen LogP contribution in [0.1, 0.15) is 37.9 Å². The summed E-state index contributed by atoms with van der Waals surface area (Å²) in [7, 11) is 0. The van der Waals surface area contributed by atoms with Gasteiger partial charge in [-0.2, -0.15) is 0 Å². The van der Waals surface area contributed by atoms with E-state index < -0.39 is 6.04 Å². The van der Waals surface area contributed by atoms with Gasteiger partial charge in [-0.3, -0.25) is 4.79 Å². The van der Waals surface area contributed by atoms with Crippen molar-refractivity contribution in [3.8, 4) is 0 Å². The van der Waals surface area contributed by atoms with Crippen molar-refractivity contribution in [2.24, 2.45) is 5.73 Å². The van der Waals surface area contributed by atoms with E-state index in [1.165, 1.54) is 5.56 Å². The number of carbonyl (C=O) groups excluding carboxylic acids is 1. The summed E-state index contributed by atoms with van der Waals surface area (Å²) in [4.78, 5) is 12.2. The molecule has 3 N–H and O–H groups in total. The van der Waals surface area contributed by atoms with Crippen LogP contribution in [0.3, 0.4) is 0 Å². The van der Waals surface area contributed by atoms with Crippen molar-refractivity contribution in [2.45, 2.75) is 32.2 Å². The number of rotatable bonds is 3. The standard InChI is InChI=1S/C18H22N2O/c1-18(2,3)14-9-11-15(12-10-14)20-17(21)16(19)13-7-5-4-6-8-13/h4-12,16H,19H2,1-3H3,(H,20,21)/t16-/m1/s1. The van der Waals surface area contributed by atoms with Crippen LogP contribution in [0.4, 0.5) is 5.69 Å². The van der Waals surface area contributed by atoms with Gasteiger partial charge in [0.15, 0.2) is 0 Å². The number of carbonyl (C=O) groups is 1. The van der Waals surface area contributed by atoms with Gasteiger partial charge in [-0.15, -0.1) is 0 Å². The normalized spacial score (nSPS) is 12.8. The largest absolute Gasteiger partial charge is 0.324 e. The Kier molecular flexibility index (Phi) is 4.43. The summed E-state index contributed by atoms with van der Waals surface area (Å²) in [6, 6.07) is 16.6. The summed E-state index contributed by atoms with van der Waals surface area (Å²) in [5.41, 5.74) is 8.87. The zero-order valence-electron chi connectivity index (χ0n) is 12.8. The van der Waals surface area contributed by atoms with Gasteiger partial charge < -0.3 is 11.1 Å². The molecule has 0 unspecified atom stereocenters. The molecule has 1 amide bonds. The zero-order chi connectivity index (χ0) is 15.5. The molecule has 0 saturated heterocycles. The molecule has 3 nitrogen and oxygen atoms in total. The third kappa shape index (κ3) is 3.92. The predicted octanol–water partition coefficient (Wildman–Crippen LogP) is 3.62. The Bertz CT molecular complexity index is 597. The van der Waals surface area contributed by atoms with Crippen LogP contribution >= 0.6 is 0 Å². The number of nitrogens with two attached hydrogens (primary N) is 1. The van der Waals surface area contributed by atoms with E-state index in [-0.39, 0.29) is 11.3 Å². The van der Waals surface area contributed by atoms with Crippen LogP contribution in [0.5, 0.6) is 0 Å². The Morgan fingerprint density at radius 1 is 1.00 bits per heavy atom. The number of benzene rings is 2. The van der Waals surface area contributed by atoms with Crippen LogP contribution in [0.25, 0.3) is 0 Å². The first-order chi connectivity index (χ1) is 9.88. The molecule has 0 aliphatic carbocycles. The Balaban J connectivity index is 2.06. The van der Waals surface area contributed by atoms with Crippen molar-refractivity contribution in [3.63, 3.8) is 0 Å². The molecule has 0 aliphatic heterocycles. The number of nitrogens with one attached hydrogen (secondary N) is 1. The van der Waals surface area contributed by atoms with Gasteiger partial charge >= 0.3 is 0 Å². The number of amides is 1. The highest BCUT2D eigenvalue weighted by molar-refractivity contribution is 5.95. The first-order valence-electron chi connectivity index (χ1n) is 7.10. The molecule has 0 aromatic heterocycles. The molecule has 2 rings (SSSR count). The first kappa shape index (κ1) is 15.3. The molecule has 21 heavy (non-hydrogen) atoms. The highest BCUT2D eigenvalue weighted by atomic mass is 16.2. The fourth-order valence-corrected chi connectivity index (χ4v) is 2.09. The van der Waals surface area contributed by atoms with Crippen molar-refractivity contribution >= 4 is 11.6 Å². The van der Waals surface area contributed by atoms with Crippen molar-refractivity contribution in [3.05, 3.63) is 65.7 Å². The molecule has 0 heterocycles. The maximum Gasteiger partial charge on any atom is 0.245 e. The molecule has 0 spiro atoms. The SMILES string of the molecule is CC(C)(C)c1ccc(NC(=O)[C@H](N)c2ccccc2)cc1. The van der Waals surface area contributed by atoms with Crippen LogP contribution in [0.15, 0.2) is 54.6 Å². The minimum atomic E-state index is -0.659. The van der Waals surface area contributed by atoms with Gasteiger partial charge in [0.2, 0.25) is 5.91 Å². The van der Waals surface area contributed by atoms with Crippen LogP contribution in [-0.4, -0.2) is 5.91 Å². The third-order valence-electron chi connectivity index (χ3n) is 3.46. The summed E-state index contributed by atoms with van der Waals surface area (Å²) in [5.74, 6) is -0.204. The van der Waals surface area contributed by atoms with Crippen molar-refractivity contribution in [2.75, 3.05) is 5.32 Å². The van der Waals surface area contributed by atoms with E-state index in [9.17, 15) is 4.79 Å². The number of hydrogen-bond acceptors (Lipinski definition) is 2. The number of anilines is 1. The molecule has 0 saturated carbocycles. The van der Waals surface area contributed by atoms with Crippen LogP contribution in [0, 0.1) is 0 Å². The topological polar surface area (TPSA) is 55.1 Å². The predicted molar refractivity (Wildman–Crippen MR) is 87.1 cm³/mol. The van der Waals surface area contributed by atoms with Crippen molar-refractivity contribution in [1.29, 1.82) is 0 Å². The number of hydrogen-bond donors (Lipinski definition) is 2. The molecule has 110 valence electrons. The minimum absolute atomic E-state index is 0.100. The van der Waals surface area contributed by atoms with Gasteiger partial charge in [-0.25, -0.2) is 0 Å². The van der Waals surface area contributed by atoms with Crippen LogP contribution in [0.2, 0.25) is 0 Å². The second-order valence-electron chi connectivity index (χ2n) is 6.20. The fourth-order valence-electron chi connectivity index (χ4n) is 2.09. The minimum Gasteiger partial charge on any atom is -0.324 e. The third-order valence-corrected chi connectivity index (χ3v) is 3.46. The van der Waals surface area contributed by atoms with E-state index in [0.29, 0.717) is 0 Å². The van der Waals surface area contributed by atoms with E-state index in [2.05, 4.69) is 26.1 Å². The molecule has 0 bridgehead atoms. The fraction of sp³-hybridized carbons (Fsp3) is 0.278. The van der Waals surface area contributed by atoms with Gasteiger partial charge in [0.1, 0.15) is 6.04 Å². The average Bonchev–Trinajstić information content (AvgIpc) is 2.47. The van der Waals surface area contributed by atoms with E-state index in [4.69, 9.17) is 5.73 Å². The summed E-state index contributed by atoms with van der Waals surface area (Å²) < 4.78 is 0. The Morgan fingerprint density at radius 3 is 2.10 bits per heavy atom. The van der Waals surface area contributed by atoms with E-state index >= 15 is 0 Å². The summed E-state index contributed by atoms with van der Waals surface area (Å²) >= 11 is 0. The smallest absolute Gasteiger partial charge is 0.245 e. The van der Waals surface area contributed by atoms with Crippen molar-refractivity contribution in [1.82, 2.24) is 0 Å². The monoisotopic (exact) mass is 282 g/mol. The van der Waals surface area contributed by atoms with Crippen molar-refractivity contribution < 1.29 is 4.79 Å². The maximum absolute atomic E-state index is 12.2. The molecule has 2 aromatic carbocycles. The highest BCUT2D eigenvalue weighted by Crippen LogP contribution is 2.23. The van der Waals surface area contributed by atoms with Crippen LogP contribution < -0.4 is 11.1 Å². The Morgan fingerprint density at radius 2 is 1.57 bits per heavy atom. The molecular formula is C18H22N2O. The summed E-state index contributed by atoms with van der Waals surface area (Å²) in [5, 5.41) is 2.85. The lowest BCUT2D eigenvalue weighted by molar-refractivity contribution is -0.117. The molecule has 3 heteroatoms. The van der Waals surface area contributed by atoms with Crippen LogP contribution in [-0.2, 0) is 10.2 Å². The molecule has 0 aliphatic rings. The van der Waals surface area contributed by atoms with Gasteiger partial charge in [0, 0.05) is 5.69 Å². The lowest BCUT2D eigenvalue weighted by Crippen LogP contribution is -2.27. The zero-order valence-corrected chi connectivity index (χ0v) is 12.8. The average molecular weight is 282 g/mol. The Hall–Kier alpha value is -2.13. The second kappa shape index (κ2) is 6.10. The quantitative estimate of drug-likeness (QED) is 0.903.